The van der Waals surface area contributed by atoms with E-state index in [2.05, 4.69) is 13.6 Å². The van der Waals surface area contributed by atoms with Crippen molar-refractivity contribution in [2.45, 2.75) is 36.6 Å². The third-order valence-corrected chi connectivity index (χ3v) is 4.28. The zero-order valence-corrected chi connectivity index (χ0v) is 31.7. The zero-order valence-electron chi connectivity index (χ0n) is 17.0. The minimum atomic E-state index is -6.01. The Bertz CT molecular complexity index is 595. The molecule has 3 N–H and O–H groups in total. The number of aliphatic hydroxyl groups excluding tert-OH is 3. The first-order valence-corrected chi connectivity index (χ1v) is 10.1. The molecule has 0 spiro atoms. The molecule has 0 radical (unpaired) electrons. The van der Waals surface area contributed by atoms with Crippen LogP contribution < -0.4 is 207 Å². The van der Waals surface area contributed by atoms with Crippen molar-refractivity contribution in [1.82, 2.24) is 0 Å². The van der Waals surface area contributed by atoms with Crippen molar-refractivity contribution in [3.8, 4) is 0 Å². The van der Waals surface area contributed by atoms with Gasteiger partial charge in [-0.1, -0.05) is 0 Å². The van der Waals surface area contributed by atoms with Gasteiger partial charge in [0, 0.05) is 0 Å². The van der Waals surface area contributed by atoms with Crippen LogP contribution in [0.25, 0.3) is 0 Å². The van der Waals surface area contributed by atoms with Crippen LogP contribution in [0.3, 0.4) is 0 Å². The van der Waals surface area contributed by atoms with Crippen molar-refractivity contribution in [3.05, 3.63) is 0 Å². The second-order valence-electron chi connectivity index (χ2n) is 4.52. The first-order chi connectivity index (χ1) is 10.5. The number of phosphoric acid groups is 3. The summed E-state index contributed by atoms with van der Waals surface area (Å²) in [5, 5.41) is 28.9. The maximum Gasteiger partial charge on any atom is 1.00 e. The molecule has 1 fully saturated rings. The number of hydrogen-bond donors (Lipinski definition) is 3. The average Bonchev–Trinajstić information content (AvgIpc) is 2.32. The van der Waals surface area contributed by atoms with Crippen molar-refractivity contribution >= 4 is 23.5 Å². The van der Waals surface area contributed by atoms with E-state index in [0.717, 1.165) is 0 Å². The molecule has 1 saturated carbocycles. The van der Waals surface area contributed by atoms with E-state index in [4.69, 9.17) is 0 Å². The molecule has 1 aliphatic carbocycles. The van der Waals surface area contributed by atoms with E-state index in [1.165, 1.54) is 0 Å². The van der Waals surface area contributed by atoms with Gasteiger partial charge in [0.1, 0.15) is 36.6 Å². The normalized spacial score (nSPS) is 28.7. The van der Waals surface area contributed by atoms with Crippen LogP contribution in [0.2, 0.25) is 0 Å². The summed E-state index contributed by atoms with van der Waals surface area (Å²) < 4.78 is 43.0. The summed E-state index contributed by atoms with van der Waals surface area (Å²) in [7, 11) is -17.9. The smallest absolute Gasteiger partial charge is 0.790 e. The molecule has 144 valence electrons. The van der Waals surface area contributed by atoms with E-state index in [1.54, 1.807) is 0 Å². The maximum absolute atomic E-state index is 10.6. The van der Waals surface area contributed by atoms with Crippen molar-refractivity contribution in [1.29, 1.82) is 0 Å². The number of hydrogen-bond acceptors (Lipinski definition) is 15. The molecule has 0 aliphatic heterocycles. The van der Waals surface area contributed by atoms with Crippen LogP contribution in [0.5, 0.6) is 0 Å². The Kier molecular flexibility index (Phi) is 33.1. The van der Waals surface area contributed by atoms with Crippen LogP contribution in [0.15, 0.2) is 0 Å². The maximum atomic E-state index is 10.6. The fourth-order valence-corrected chi connectivity index (χ4v) is 3.62. The van der Waals surface area contributed by atoms with E-state index in [0.29, 0.717) is 0 Å². The average molecular weight is 552 g/mol. The van der Waals surface area contributed by atoms with E-state index >= 15 is 0 Å². The topological polar surface area (TPSA) is 278 Å². The summed E-state index contributed by atoms with van der Waals surface area (Å²) in [6.07, 6.45) is -15.7. The largest absolute Gasteiger partial charge is 1.00 e. The minimum Gasteiger partial charge on any atom is -0.790 e. The Hall–Kier alpha value is 6.21. The number of aliphatic hydroxyl groups is 3. The molecular formula is C6H9Na6O15P3. The summed E-state index contributed by atoms with van der Waals surface area (Å²) in [6, 6.07) is 0. The van der Waals surface area contributed by atoms with Gasteiger partial charge < -0.3 is 71.9 Å². The molecular weight excluding hydrogens is 543 g/mol. The molecule has 0 saturated heterocycles. The first-order valence-electron chi connectivity index (χ1n) is 5.67. The van der Waals surface area contributed by atoms with E-state index in [-0.39, 0.29) is 177 Å². The fourth-order valence-electron chi connectivity index (χ4n) is 1.98. The Labute approximate surface area is 303 Å². The second kappa shape index (κ2) is 20.2. The molecule has 0 aromatic rings. The molecule has 1 rings (SSSR count). The monoisotopic (exact) mass is 552 g/mol. The van der Waals surface area contributed by atoms with Gasteiger partial charge >= 0.3 is 177 Å². The van der Waals surface area contributed by atoms with Crippen molar-refractivity contribution in [2.75, 3.05) is 0 Å². The van der Waals surface area contributed by atoms with Gasteiger partial charge in [0.15, 0.2) is 0 Å². The van der Waals surface area contributed by atoms with Crippen LogP contribution in [0.4, 0.5) is 0 Å². The molecule has 0 aromatic heterocycles. The Balaban J connectivity index is -0.000000240. The van der Waals surface area contributed by atoms with Crippen LogP contribution in [0.1, 0.15) is 0 Å². The number of phosphoric ester groups is 3. The molecule has 6 atom stereocenters. The summed E-state index contributed by atoms with van der Waals surface area (Å²) in [4.78, 5) is 63.6. The van der Waals surface area contributed by atoms with Crippen LogP contribution in [-0.4, -0.2) is 51.9 Å². The molecule has 15 nitrogen and oxygen atoms in total. The summed E-state index contributed by atoms with van der Waals surface area (Å²) in [5.41, 5.74) is 0. The minimum absolute atomic E-state index is 0. The second-order valence-corrected chi connectivity index (χ2v) is 7.84. The Morgan fingerprint density at radius 3 is 0.933 bits per heavy atom. The molecule has 0 amide bonds. The Morgan fingerprint density at radius 1 is 0.467 bits per heavy atom. The molecule has 24 heteroatoms. The van der Waals surface area contributed by atoms with Crippen molar-refractivity contribution < 1.29 is 249 Å². The summed E-state index contributed by atoms with van der Waals surface area (Å²) in [6.45, 7) is 0. The molecule has 0 bridgehead atoms. The van der Waals surface area contributed by atoms with Gasteiger partial charge in [-0.25, -0.2) is 0 Å². The third-order valence-electron chi connectivity index (χ3n) is 2.77. The van der Waals surface area contributed by atoms with Gasteiger partial charge in [0.05, 0.1) is 23.5 Å². The molecule has 0 unspecified atom stereocenters. The fraction of sp³-hybridized carbons (Fsp3) is 1.00. The van der Waals surface area contributed by atoms with Gasteiger partial charge in [-0.2, -0.15) is 0 Å². The number of rotatable bonds is 6. The summed E-state index contributed by atoms with van der Waals surface area (Å²) >= 11 is 0. The van der Waals surface area contributed by atoms with Gasteiger partial charge in [-0.05, 0) is 0 Å². The molecule has 1 aliphatic rings. The zero-order chi connectivity index (χ0) is 19.1. The van der Waals surface area contributed by atoms with Crippen molar-refractivity contribution in [2.24, 2.45) is 0 Å². The third kappa shape index (κ3) is 18.5. The van der Waals surface area contributed by atoms with Gasteiger partial charge in [-0.15, -0.1) is 0 Å². The first kappa shape index (κ1) is 49.2. The van der Waals surface area contributed by atoms with Crippen molar-refractivity contribution in [3.63, 3.8) is 0 Å². The molecule has 0 heterocycles. The standard InChI is InChI=1S/C6H15O15P3.6Na/c7-1-2(8)5(20-23(13,14)15)6(21-24(16,17)18)3(9)4(1)19-22(10,11)12;;;;;;/h1-9H,(H2,10,11,12)(H2,13,14,15)(H2,16,17,18);;;;;;/q;6*+1/p-6/t1-,2-,3-,4+,5+,6-;;;;;;/m1....../s1. The van der Waals surface area contributed by atoms with Crippen LogP contribution >= 0.6 is 23.5 Å². The van der Waals surface area contributed by atoms with E-state index in [1.807, 2.05) is 0 Å². The predicted octanol–water partition coefficient (Wildman–Crippen LogP) is -25.3. The Morgan fingerprint density at radius 2 is 0.667 bits per heavy atom. The SMILES string of the molecule is O=P([O-])([O-])O[C@H]1[C@H](O)[C@@H](O)[C@H](OP(=O)([O-])[O-])[C@H](OP(=O)([O-])[O-])[C@@H]1O.[Na+].[Na+].[Na+].[Na+].[Na+].[Na+]. The predicted molar refractivity (Wildman–Crippen MR) is 55.5 cm³/mol. The van der Waals surface area contributed by atoms with E-state index < -0.39 is 60.1 Å². The van der Waals surface area contributed by atoms with Gasteiger partial charge in [-0.3, -0.25) is 0 Å². The summed E-state index contributed by atoms with van der Waals surface area (Å²) in [5.74, 6) is 0. The molecule has 30 heavy (non-hydrogen) atoms. The van der Waals surface area contributed by atoms with Crippen LogP contribution in [0, 0.1) is 0 Å². The molecule has 0 aromatic carbocycles. The van der Waals surface area contributed by atoms with Gasteiger partial charge in [0.2, 0.25) is 0 Å². The van der Waals surface area contributed by atoms with Crippen LogP contribution in [-0.2, 0) is 27.3 Å². The quantitative estimate of drug-likeness (QED) is 0.204. The van der Waals surface area contributed by atoms with E-state index in [9.17, 15) is 58.4 Å². The van der Waals surface area contributed by atoms with Gasteiger partial charge in [0.25, 0.3) is 0 Å².